The molecule has 0 aromatic heterocycles. The minimum atomic E-state index is -1.34. The van der Waals surface area contributed by atoms with Crippen molar-refractivity contribution < 1.29 is 35.8 Å². The molecular formula is C30H28F6O2. The van der Waals surface area contributed by atoms with Gasteiger partial charge >= 0.3 is 0 Å². The Hall–Kier alpha value is -3.42. The highest BCUT2D eigenvalue weighted by Gasteiger charge is 2.26. The highest BCUT2D eigenvalue weighted by atomic mass is 19.2. The Labute approximate surface area is 217 Å². The van der Waals surface area contributed by atoms with E-state index in [1.54, 1.807) is 13.0 Å². The topological polar surface area (TPSA) is 18.5 Å². The van der Waals surface area contributed by atoms with Gasteiger partial charge in [0, 0.05) is 16.7 Å². The molecule has 0 amide bonds. The first-order chi connectivity index (χ1) is 18.3. The van der Waals surface area contributed by atoms with Gasteiger partial charge in [-0.2, -0.15) is 8.78 Å². The lowest BCUT2D eigenvalue weighted by atomic mass is 9.82. The van der Waals surface area contributed by atoms with Crippen molar-refractivity contribution in [1.82, 2.24) is 0 Å². The number of rotatable bonds is 9. The van der Waals surface area contributed by atoms with E-state index in [9.17, 15) is 17.6 Å². The number of hydrogen-bond acceptors (Lipinski definition) is 2. The third-order valence-corrected chi connectivity index (χ3v) is 6.75. The average Bonchev–Trinajstić information content (AvgIpc) is 2.92. The lowest BCUT2D eigenvalue weighted by molar-refractivity contribution is 0.287. The summed E-state index contributed by atoms with van der Waals surface area (Å²) in [5, 5.41) is 0. The van der Waals surface area contributed by atoms with Crippen LogP contribution < -0.4 is 9.47 Å². The van der Waals surface area contributed by atoms with Gasteiger partial charge in [-0.1, -0.05) is 37.6 Å². The molecule has 0 bridgehead atoms. The first-order valence-corrected chi connectivity index (χ1v) is 12.7. The third-order valence-electron chi connectivity index (χ3n) is 6.75. The zero-order valence-electron chi connectivity index (χ0n) is 21.2. The van der Waals surface area contributed by atoms with Crippen LogP contribution in [0.25, 0.3) is 16.7 Å². The van der Waals surface area contributed by atoms with Gasteiger partial charge in [-0.3, -0.25) is 0 Å². The van der Waals surface area contributed by atoms with E-state index in [2.05, 4.69) is 0 Å². The maximum absolute atomic E-state index is 15.1. The first-order valence-electron chi connectivity index (χ1n) is 12.7. The molecule has 0 radical (unpaired) electrons. The first kappa shape index (κ1) is 27.6. The van der Waals surface area contributed by atoms with Crippen LogP contribution in [0.5, 0.6) is 11.5 Å². The van der Waals surface area contributed by atoms with Crippen molar-refractivity contribution in [2.24, 2.45) is 0 Å². The fourth-order valence-corrected chi connectivity index (χ4v) is 4.67. The van der Waals surface area contributed by atoms with E-state index in [1.165, 1.54) is 24.3 Å². The molecule has 0 aliphatic heterocycles. The Morgan fingerprint density at radius 1 is 0.684 bits per heavy atom. The van der Waals surface area contributed by atoms with Crippen LogP contribution in [0, 0.1) is 34.9 Å². The van der Waals surface area contributed by atoms with Crippen LogP contribution >= 0.6 is 0 Å². The summed E-state index contributed by atoms with van der Waals surface area (Å²) in [4.78, 5) is 0. The predicted molar refractivity (Wildman–Crippen MR) is 134 cm³/mol. The van der Waals surface area contributed by atoms with Crippen molar-refractivity contribution in [3.05, 3.63) is 88.5 Å². The second kappa shape index (κ2) is 12.0. The van der Waals surface area contributed by atoms with Gasteiger partial charge in [0.25, 0.3) is 0 Å². The Bertz CT molecular complexity index is 1350. The zero-order chi connectivity index (χ0) is 27.4. The molecule has 0 heterocycles. The fourth-order valence-electron chi connectivity index (χ4n) is 4.67. The molecule has 0 spiro atoms. The summed E-state index contributed by atoms with van der Waals surface area (Å²) in [5.74, 6) is -7.90. The summed E-state index contributed by atoms with van der Waals surface area (Å²) >= 11 is 0. The molecule has 0 fully saturated rings. The molecule has 1 atom stereocenters. The van der Waals surface area contributed by atoms with Crippen LogP contribution in [0.2, 0.25) is 0 Å². The largest absolute Gasteiger partial charge is 0.491 e. The Balaban J connectivity index is 1.55. The van der Waals surface area contributed by atoms with E-state index in [-0.39, 0.29) is 35.2 Å². The minimum Gasteiger partial charge on any atom is -0.491 e. The molecule has 1 aliphatic carbocycles. The van der Waals surface area contributed by atoms with Gasteiger partial charge in [0.1, 0.15) is 0 Å². The van der Waals surface area contributed by atoms with Crippen molar-refractivity contribution in [2.45, 2.75) is 51.9 Å². The Morgan fingerprint density at radius 2 is 1.26 bits per heavy atom. The molecule has 2 nitrogen and oxygen atoms in total. The average molecular weight is 535 g/mol. The molecule has 0 saturated heterocycles. The molecule has 1 unspecified atom stereocenters. The minimum absolute atomic E-state index is 0.0113. The predicted octanol–water partition coefficient (Wildman–Crippen LogP) is 9.12. The van der Waals surface area contributed by atoms with E-state index >= 15 is 8.78 Å². The van der Waals surface area contributed by atoms with E-state index in [0.717, 1.165) is 25.0 Å². The SMILES string of the molecule is CCCCOc1ccc(C2CC=C(c3ccc(-c4ccc(OCC)c(F)c4F)c(F)c3F)CC2)c(F)c1F. The van der Waals surface area contributed by atoms with Gasteiger partial charge in [0.15, 0.2) is 34.8 Å². The number of halogens is 6. The Kier molecular flexibility index (Phi) is 8.69. The summed E-state index contributed by atoms with van der Waals surface area (Å²) in [6, 6.07) is 7.74. The van der Waals surface area contributed by atoms with Gasteiger partial charge in [0.05, 0.1) is 13.2 Å². The van der Waals surface area contributed by atoms with Crippen LogP contribution in [-0.2, 0) is 0 Å². The van der Waals surface area contributed by atoms with Crippen molar-refractivity contribution >= 4 is 5.57 Å². The third kappa shape index (κ3) is 5.40. The van der Waals surface area contributed by atoms with Crippen LogP contribution in [0.15, 0.2) is 42.5 Å². The second-order valence-corrected chi connectivity index (χ2v) is 9.14. The maximum atomic E-state index is 15.1. The molecule has 0 saturated carbocycles. The molecule has 3 aromatic carbocycles. The van der Waals surface area contributed by atoms with Gasteiger partial charge in [0.2, 0.25) is 11.6 Å². The number of unbranched alkanes of at least 4 members (excludes halogenated alkanes) is 1. The monoisotopic (exact) mass is 534 g/mol. The highest BCUT2D eigenvalue weighted by Crippen LogP contribution is 2.41. The standard InChI is InChI=1S/C30H28F6O2/c1-3-5-16-38-24-14-12-20(26(32)30(24)36)18-8-6-17(7-9-18)19-10-11-21(27(33)25(19)31)22-13-15-23(37-4-2)29(35)28(22)34/h6,10-15,18H,3-5,7-9,16H2,1-2H3. The molecule has 0 N–H and O–H groups in total. The summed E-state index contributed by atoms with van der Waals surface area (Å²) in [7, 11) is 0. The van der Waals surface area contributed by atoms with Crippen molar-refractivity contribution in [1.29, 1.82) is 0 Å². The van der Waals surface area contributed by atoms with Crippen LogP contribution in [-0.4, -0.2) is 13.2 Å². The van der Waals surface area contributed by atoms with Gasteiger partial charge < -0.3 is 9.47 Å². The fraction of sp³-hybridized carbons (Fsp3) is 0.333. The summed E-state index contributed by atoms with van der Waals surface area (Å²) in [6.07, 6.45) is 4.24. The summed E-state index contributed by atoms with van der Waals surface area (Å²) < 4.78 is 98.6. The molecular weight excluding hydrogens is 506 g/mol. The summed E-state index contributed by atoms with van der Waals surface area (Å²) in [5.41, 5.74) is -0.147. The van der Waals surface area contributed by atoms with E-state index < -0.39 is 46.0 Å². The maximum Gasteiger partial charge on any atom is 0.201 e. The van der Waals surface area contributed by atoms with Crippen LogP contribution in [0.4, 0.5) is 26.3 Å². The highest BCUT2D eigenvalue weighted by molar-refractivity contribution is 5.73. The Morgan fingerprint density at radius 3 is 1.92 bits per heavy atom. The lowest BCUT2D eigenvalue weighted by Gasteiger charge is -2.24. The molecule has 202 valence electrons. The van der Waals surface area contributed by atoms with Crippen LogP contribution in [0.1, 0.15) is 63.0 Å². The van der Waals surface area contributed by atoms with Gasteiger partial charge in [-0.05, 0) is 67.9 Å². The lowest BCUT2D eigenvalue weighted by Crippen LogP contribution is -2.10. The molecule has 38 heavy (non-hydrogen) atoms. The molecule has 4 rings (SSSR count). The normalized spacial score (nSPS) is 15.4. The summed E-state index contributed by atoms with van der Waals surface area (Å²) in [6.45, 7) is 3.98. The zero-order valence-corrected chi connectivity index (χ0v) is 21.2. The van der Waals surface area contributed by atoms with Crippen molar-refractivity contribution in [3.8, 4) is 22.6 Å². The van der Waals surface area contributed by atoms with E-state index in [0.29, 0.717) is 31.4 Å². The number of ether oxygens (including phenoxy) is 2. The van der Waals surface area contributed by atoms with Crippen LogP contribution in [0.3, 0.4) is 0 Å². The van der Waals surface area contributed by atoms with Crippen molar-refractivity contribution in [2.75, 3.05) is 13.2 Å². The van der Waals surface area contributed by atoms with Gasteiger partial charge in [-0.15, -0.1) is 0 Å². The number of benzene rings is 3. The van der Waals surface area contributed by atoms with Gasteiger partial charge in [-0.25, -0.2) is 17.6 Å². The second-order valence-electron chi connectivity index (χ2n) is 9.14. The number of allylic oxidation sites excluding steroid dienone is 2. The molecule has 1 aliphatic rings. The molecule has 8 heteroatoms. The van der Waals surface area contributed by atoms with E-state index in [4.69, 9.17) is 9.47 Å². The van der Waals surface area contributed by atoms with Crippen molar-refractivity contribution in [3.63, 3.8) is 0 Å². The van der Waals surface area contributed by atoms with E-state index in [1.807, 2.05) is 6.92 Å². The quantitative estimate of drug-likeness (QED) is 0.201. The smallest absolute Gasteiger partial charge is 0.201 e. The number of hydrogen-bond donors (Lipinski definition) is 0. The molecule has 3 aromatic rings.